The molecular formula is C23H41N4O3S+. The molecule has 1 N–H and O–H groups in total. The minimum atomic E-state index is -3.89. The highest BCUT2D eigenvalue weighted by Crippen LogP contribution is 2.27. The smallest absolute Gasteiger partial charge is 0.264 e. The molecule has 3 unspecified atom stereocenters. The minimum Gasteiger partial charge on any atom is -0.300 e. The third-order valence-corrected chi connectivity index (χ3v) is 7.10. The van der Waals surface area contributed by atoms with Crippen molar-refractivity contribution in [3.8, 4) is 0 Å². The lowest BCUT2D eigenvalue weighted by atomic mass is 9.87. The van der Waals surface area contributed by atoms with Gasteiger partial charge in [0, 0.05) is 11.8 Å². The highest BCUT2D eigenvalue weighted by Gasteiger charge is 2.27. The highest BCUT2D eigenvalue weighted by atomic mass is 32.2. The van der Waals surface area contributed by atoms with Crippen LogP contribution < -0.4 is 0 Å². The molecule has 0 aromatic carbocycles. The number of hydrogen-bond acceptors (Lipinski definition) is 5. The second-order valence-corrected chi connectivity index (χ2v) is 11.0. The van der Waals surface area contributed by atoms with Crippen LogP contribution in [0.1, 0.15) is 58.8 Å². The highest BCUT2D eigenvalue weighted by molar-refractivity contribution is 7.85. The van der Waals surface area contributed by atoms with Crippen LogP contribution in [0.4, 0.5) is 0 Å². The average Bonchev–Trinajstić information content (AvgIpc) is 3.05. The SMILES string of the molecule is CCC(CCC[N+]1(C)C=C(CN(C)CCCS(=O)(=O)O)N=N1)CCC1C=CC(C)=CC1. The fraction of sp³-hybridized carbons (Fsp3) is 0.739. The van der Waals surface area contributed by atoms with Crippen LogP contribution in [0.3, 0.4) is 0 Å². The van der Waals surface area contributed by atoms with Crippen molar-refractivity contribution in [1.29, 1.82) is 0 Å². The summed E-state index contributed by atoms with van der Waals surface area (Å²) in [5.74, 6) is 1.26. The van der Waals surface area contributed by atoms with E-state index in [4.69, 9.17) is 4.55 Å². The van der Waals surface area contributed by atoms with Crippen LogP contribution in [0.2, 0.25) is 0 Å². The summed E-state index contributed by atoms with van der Waals surface area (Å²) in [4.78, 5) is 2.01. The largest absolute Gasteiger partial charge is 0.300 e. The molecule has 31 heavy (non-hydrogen) atoms. The first kappa shape index (κ1) is 25.9. The van der Waals surface area contributed by atoms with E-state index in [9.17, 15) is 8.42 Å². The summed E-state index contributed by atoms with van der Waals surface area (Å²) in [5.41, 5.74) is 2.30. The number of allylic oxidation sites excluding steroid dienone is 4. The van der Waals surface area contributed by atoms with Crippen molar-refractivity contribution in [2.75, 3.05) is 39.5 Å². The Morgan fingerprint density at radius 1 is 1.32 bits per heavy atom. The van der Waals surface area contributed by atoms with E-state index in [-0.39, 0.29) is 5.75 Å². The molecule has 0 fully saturated rings. The van der Waals surface area contributed by atoms with Gasteiger partial charge in [0.05, 0.1) is 12.8 Å². The summed E-state index contributed by atoms with van der Waals surface area (Å²) < 4.78 is 31.0. The monoisotopic (exact) mass is 453 g/mol. The maximum absolute atomic E-state index is 10.8. The van der Waals surface area contributed by atoms with Gasteiger partial charge in [0.2, 0.25) is 0 Å². The predicted octanol–water partition coefficient (Wildman–Crippen LogP) is 4.97. The molecule has 3 atom stereocenters. The molecule has 2 rings (SSSR count). The number of rotatable bonds is 14. The molecule has 0 radical (unpaired) electrons. The van der Waals surface area contributed by atoms with Gasteiger partial charge in [-0.1, -0.05) is 42.3 Å². The van der Waals surface area contributed by atoms with Crippen LogP contribution in [0.5, 0.6) is 0 Å². The van der Waals surface area contributed by atoms with Crippen LogP contribution in [0.25, 0.3) is 0 Å². The van der Waals surface area contributed by atoms with Crippen molar-refractivity contribution < 1.29 is 17.6 Å². The van der Waals surface area contributed by atoms with Gasteiger partial charge in [-0.15, -0.1) is 0 Å². The van der Waals surface area contributed by atoms with Crippen LogP contribution in [0, 0.1) is 11.8 Å². The molecule has 2 aliphatic rings. The van der Waals surface area contributed by atoms with E-state index in [0.29, 0.717) is 30.0 Å². The first-order chi connectivity index (χ1) is 14.6. The molecule has 0 spiro atoms. The van der Waals surface area contributed by atoms with Gasteiger partial charge in [-0.05, 0) is 70.9 Å². The predicted molar refractivity (Wildman–Crippen MR) is 126 cm³/mol. The zero-order valence-electron chi connectivity index (χ0n) is 19.7. The maximum atomic E-state index is 10.8. The molecule has 0 bridgehead atoms. The van der Waals surface area contributed by atoms with Gasteiger partial charge in [-0.3, -0.25) is 4.55 Å². The minimum absolute atomic E-state index is 0.211. The molecule has 0 aromatic heterocycles. The van der Waals surface area contributed by atoms with Crippen molar-refractivity contribution in [3.63, 3.8) is 0 Å². The Bertz CT molecular complexity index is 804. The number of hydrogen-bond donors (Lipinski definition) is 1. The average molecular weight is 454 g/mol. The first-order valence-corrected chi connectivity index (χ1v) is 13.2. The van der Waals surface area contributed by atoms with Crippen molar-refractivity contribution in [1.82, 2.24) is 4.90 Å². The van der Waals surface area contributed by atoms with Crippen molar-refractivity contribution >= 4 is 10.1 Å². The zero-order valence-corrected chi connectivity index (χ0v) is 20.5. The van der Waals surface area contributed by atoms with E-state index < -0.39 is 10.1 Å². The fourth-order valence-electron chi connectivity index (χ4n) is 4.27. The normalized spacial score (nSPS) is 24.5. The van der Waals surface area contributed by atoms with Crippen LogP contribution in [-0.4, -0.2) is 61.9 Å². The molecule has 1 aliphatic carbocycles. The number of quaternary nitrogens is 1. The van der Waals surface area contributed by atoms with Gasteiger partial charge in [0.25, 0.3) is 10.1 Å². The standard InChI is InChI=1S/C23H40N4O3S/c1-5-21(13-14-22-11-9-20(2)10-12-22)8-6-16-27(4)19-23(24-25-27)18-26(3)15-7-17-31(28,29)30/h9-11,19,21-22H,5-8,12-18H2,1-4H3/p+1. The molecule has 0 saturated heterocycles. The van der Waals surface area contributed by atoms with E-state index in [1.54, 1.807) is 0 Å². The van der Waals surface area contributed by atoms with Crippen molar-refractivity contribution in [2.45, 2.75) is 58.8 Å². The van der Waals surface area contributed by atoms with Crippen LogP contribution >= 0.6 is 0 Å². The topological polar surface area (TPSA) is 82.3 Å². The molecule has 0 amide bonds. The van der Waals surface area contributed by atoms with Gasteiger partial charge >= 0.3 is 0 Å². The van der Waals surface area contributed by atoms with Gasteiger partial charge in [0.15, 0.2) is 0 Å². The quantitative estimate of drug-likeness (QED) is 0.297. The molecule has 1 heterocycles. The van der Waals surface area contributed by atoms with Gasteiger partial charge in [-0.25, -0.2) is 0 Å². The summed E-state index contributed by atoms with van der Waals surface area (Å²) in [5, 5.41) is 8.81. The molecule has 0 aromatic rings. The number of nitrogens with zero attached hydrogens (tertiary/aromatic N) is 4. The second kappa shape index (κ2) is 12.0. The van der Waals surface area contributed by atoms with Crippen molar-refractivity contribution in [3.05, 3.63) is 35.7 Å². The molecule has 0 saturated carbocycles. The molecule has 7 nitrogen and oxygen atoms in total. The Morgan fingerprint density at radius 3 is 2.74 bits per heavy atom. The van der Waals surface area contributed by atoms with E-state index >= 15 is 0 Å². The summed E-state index contributed by atoms with van der Waals surface area (Å²) in [6.07, 6.45) is 16.8. The Morgan fingerprint density at radius 2 is 2.10 bits per heavy atom. The lowest BCUT2D eigenvalue weighted by molar-refractivity contribution is -0.867. The third-order valence-electron chi connectivity index (χ3n) is 6.30. The molecule has 8 heteroatoms. The Hall–Kier alpha value is -1.35. The molecule has 176 valence electrons. The summed E-state index contributed by atoms with van der Waals surface area (Å²) in [7, 11) is 0.114. The summed E-state index contributed by atoms with van der Waals surface area (Å²) in [6, 6.07) is 0. The summed E-state index contributed by atoms with van der Waals surface area (Å²) >= 11 is 0. The molecule has 1 aliphatic heterocycles. The van der Waals surface area contributed by atoms with Gasteiger partial charge < -0.3 is 4.90 Å². The maximum Gasteiger partial charge on any atom is 0.264 e. The Balaban J connectivity index is 1.69. The van der Waals surface area contributed by atoms with E-state index in [2.05, 4.69) is 55.7 Å². The van der Waals surface area contributed by atoms with Gasteiger partial charge in [-0.2, -0.15) is 13.0 Å². The van der Waals surface area contributed by atoms with E-state index in [1.165, 1.54) is 37.7 Å². The Labute approximate surface area is 188 Å². The first-order valence-electron chi connectivity index (χ1n) is 11.6. The summed E-state index contributed by atoms with van der Waals surface area (Å²) in [6.45, 7) is 6.63. The van der Waals surface area contributed by atoms with E-state index in [0.717, 1.165) is 24.6 Å². The zero-order chi connectivity index (χ0) is 22.9. The number of likely N-dealkylation sites (N-methyl/N-ethyl adjacent to an activating group) is 1. The van der Waals surface area contributed by atoms with Crippen molar-refractivity contribution in [2.24, 2.45) is 22.2 Å². The Kier molecular flexibility index (Phi) is 10.1. The lowest BCUT2D eigenvalue weighted by Gasteiger charge is -2.22. The third kappa shape index (κ3) is 10.2. The van der Waals surface area contributed by atoms with Crippen LogP contribution in [0.15, 0.2) is 46.0 Å². The lowest BCUT2D eigenvalue weighted by Crippen LogP contribution is -2.32. The second-order valence-electron chi connectivity index (χ2n) is 9.42. The van der Waals surface area contributed by atoms with Crippen LogP contribution in [-0.2, 0) is 10.1 Å². The van der Waals surface area contributed by atoms with E-state index in [1.807, 2.05) is 11.9 Å². The van der Waals surface area contributed by atoms with Gasteiger partial charge in [0.1, 0.15) is 18.4 Å². The fourth-order valence-corrected chi connectivity index (χ4v) is 4.77. The molecular weight excluding hydrogens is 412 g/mol.